The molecule has 0 aromatic heterocycles. The number of carbonyl (C=O) groups is 4. The Hall–Kier alpha value is -3.14. The predicted molar refractivity (Wildman–Crippen MR) is 117 cm³/mol. The second-order valence-corrected chi connectivity index (χ2v) is 7.47. The molecular weight excluding hydrogens is 402 g/mol. The molecule has 1 aromatic rings. The largest absolute Gasteiger partial charge is 0.461 e. The van der Waals surface area contributed by atoms with Gasteiger partial charge in [0.25, 0.3) is 0 Å². The summed E-state index contributed by atoms with van der Waals surface area (Å²) in [5, 5.41) is 11.0. The van der Waals surface area contributed by atoms with Crippen molar-refractivity contribution < 1.29 is 23.9 Å². The molecular formula is C21H33N5O5. The lowest BCUT2D eigenvalue weighted by Gasteiger charge is -2.24. The molecule has 0 fully saturated rings. The summed E-state index contributed by atoms with van der Waals surface area (Å²) in [6, 6.07) is 4.96. The quantitative estimate of drug-likeness (QED) is 0.243. The molecule has 0 heterocycles. The van der Waals surface area contributed by atoms with Crippen LogP contribution in [-0.4, -0.2) is 49.5 Å². The van der Waals surface area contributed by atoms with Crippen molar-refractivity contribution in [3.8, 4) is 0 Å². The molecule has 10 heteroatoms. The monoisotopic (exact) mass is 435 g/mol. The van der Waals surface area contributed by atoms with E-state index in [0.29, 0.717) is 25.1 Å². The summed E-state index contributed by atoms with van der Waals surface area (Å²) in [6.45, 7) is 5.59. The smallest absolute Gasteiger partial charge is 0.312 e. The van der Waals surface area contributed by atoms with Crippen molar-refractivity contribution in [3.05, 3.63) is 29.8 Å². The van der Waals surface area contributed by atoms with Crippen LogP contribution in [-0.2, 0) is 25.7 Å². The lowest BCUT2D eigenvalue weighted by molar-refractivity contribution is -0.142. The number of anilines is 1. The first kappa shape index (κ1) is 25.9. The van der Waals surface area contributed by atoms with Gasteiger partial charge in [0, 0.05) is 19.2 Å². The molecule has 1 aromatic carbocycles. The van der Waals surface area contributed by atoms with Crippen molar-refractivity contribution in [1.29, 1.82) is 0 Å². The number of benzene rings is 1. The summed E-state index contributed by atoms with van der Waals surface area (Å²) < 4.78 is 4.94. The lowest BCUT2D eigenvalue weighted by atomic mass is 10.0. The van der Waals surface area contributed by atoms with E-state index in [4.69, 9.17) is 10.5 Å². The third-order valence-electron chi connectivity index (χ3n) is 4.53. The summed E-state index contributed by atoms with van der Waals surface area (Å²) >= 11 is 0. The van der Waals surface area contributed by atoms with Crippen LogP contribution < -0.4 is 27.0 Å². The van der Waals surface area contributed by atoms with Gasteiger partial charge in [-0.25, -0.2) is 4.79 Å². The maximum absolute atomic E-state index is 12.8. The molecule has 172 valence electrons. The third kappa shape index (κ3) is 9.94. The molecule has 0 radical (unpaired) electrons. The molecule has 0 aliphatic rings. The molecule has 10 nitrogen and oxygen atoms in total. The van der Waals surface area contributed by atoms with Crippen LogP contribution >= 0.6 is 0 Å². The highest BCUT2D eigenvalue weighted by atomic mass is 16.5. The molecule has 6 N–H and O–H groups in total. The number of nitrogens with one attached hydrogen (secondary N) is 4. The Morgan fingerprint density at radius 1 is 1.06 bits per heavy atom. The third-order valence-corrected chi connectivity index (χ3v) is 4.53. The molecule has 0 aliphatic carbocycles. The van der Waals surface area contributed by atoms with Crippen LogP contribution in [0, 0.1) is 5.92 Å². The topological polar surface area (TPSA) is 152 Å². The molecule has 0 spiro atoms. The molecule has 31 heavy (non-hydrogen) atoms. The minimum absolute atomic E-state index is 0.0370. The van der Waals surface area contributed by atoms with Crippen molar-refractivity contribution in [2.75, 3.05) is 18.9 Å². The zero-order valence-electron chi connectivity index (χ0n) is 18.5. The average molecular weight is 436 g/mol. The fraction of sp³-hybridized carbons (Fsp3) is 0.524. The fourth-order valence-corrected chi connectivity index (χ4v) is 2.91. The average Bonchev–Trinajstić information content (AvgIpc) is 2.69. The van der Waals surface area contributed by atoms with Crippen LogP contribution in [0.4, 0.5) is 10.5 Å². The second kappa shape index (κ2) is 13.2. The number of hydrogen-bond donors (Lipinski definition) is 5. The Kier molecular flexibility index (Phi) is 11.0. The number of amides is 4. The van der Waals surface area contributed by atoms with Gasteiger partial charge in [-0.3, -0.25) is 14.4 Å². The Balaban J connectivity index is 2.80. The number of nitrogens with two attached hydrogens (primary N) is 1. The molecule has 0 bridgehead atoms. The highest BCUT2D eigenvalue weighted by Crippen LogP contribution is 2.12. The van der Waals surface area contributed by atoms with E-state index in [1.54, 1.807) is 31.3 Å². The summed E-state index contributed by atoms with van der Waals surface area (Å²) in [5.74, 6) is -0.992. The lowest BCUT2D eigenvalue weighted by Crippen LogP contribution is -2.52. The maximum Gasteiger partial charge on any atom is 0.312 e. The van der Waals surface area contributed by atoms with E-state index >= 15 is 0 Å². The van der Waals surface area contributed by atoms with Crippen LogP contribution in [0.2, 0.25) is 0 Å². The van der Waals surface area contributed by atoms with Gasteiger partial charge in [-0.05, 0) is 43.5 Å². The van der Waals surface area contributed by atoms with Gasteiger partial charge in [-0.15, -0.1) is 0 Å². The maximum atomic E-state index is 12.8. The highest BCUT2D eigenvalue weighted by molar-refractivity contribution is 5.97. The standard InChI is InChI=1S/C21H33N5O5/c1-13(2)18(23-4)20(29)26-17(6-5-11-24-21(22)30)19(28)25-16-9-7-15(8-10-16)12-31-14(3)27/h7-10,13,17-18,23H,5-6,11-12H2,1-4H3,(H,25,28)(H,26,29)(H3,22,24,30)/t17-,18-/m0/s1. The van der Waals surface area contributed by atoms with Gasteiger partial charge in [0.15, 0.2) is 0 Å². The molecule has 1 rings (SSSR count). The summed E-state index contributed by atoms with van der Waals surface area (Å²) in [7, 11) is 1.69. The zero-order valence-corrected chi connectivity index (χ0v) is 18.5. The number of urea groups is 1. The van der Waals surface area contributed by atoms with Gasteiger partial charge in [-0.1, -0.05) is 26.0 Å². The van der Waals surface area contributed by atoms with Crippen molar-refractivity contribution in [2.24, 2.45) is 11.7 Å². The van der Waals surface area contributed by atoms with Gasteiger partial charge in [0.05, 0.1) is 6.04 Å². The Morgan fingerprint density at radius 3 is 2.23 bits per heavy atom. The van der Waals surface area contributed by atoms with Gasteiger partial charge in [0.2, 0.25) is 11.8 Å². The van der Waals surface area contributed by atoms with E-state index in [1.807, 2.05) is 13.8 Å². The summed E-state index contributed by atoms with van der Waals surface area (Å²) in [4.78, 5) is 47.2. The summed E-state index contributed by atoms with van der Waals surface area (Å²) in [5.41, 5.74) is 6.38. The minimum Gasteiger partial charge on any atom is -0.461 e. The minimum atomic E-state index is -0.794. The van der Waals surface area contributed by atoms with Crippen LogP contribution in [0.25, 0.3) is 0 Å². The van der Waals surface area contributed by atoms with Crippen LogP contribution in [0.3, 0.4) is 0 Å². The number of likely N-dealkylation sites (N-methyl/N-ethyl adjacent to an activating group) is 1. The SMILES string of the molecule is CN[C@H](C(=O)N[C@@H](CCCNC(N)=O)C(=O)Nc1ccc(COC(C)=O)cc1)C(C)C. The Bertz CT molecular complexity index is 751. The van der Waals surface area contributed by atoms with E-state index in [0.717, 1.165) is 5.56 Å². The normalized spacial score (nSPS) is 12.5. The molecule has 4 amide bonds. The first-order chi connectivity index (χ1) is 14.6. The first-order valence-electron chi connectivity index (χ1n) is 10.2. The van der Waals surface area contributed by atoms with Crippen molar-refractivity contribution in [3.63, 3.8) is 0 Å². The molecule has 0 saturated heterocycles. The van der Waals surface area contributed by atoms with Crippen LogP contribution in [0.15, 0.2) is 24.3 Å². The molecule has 0 saturated carbocycles. The van der Waals surface area contributed by atoms with E-state index in [9.17, 15) is 19.2 Å². The van der Waals surface area contributed by atoms with Crippen LogP contribution in [0.1, 0.15) is 39.2 Å². The molecule has 2 atom stereocenters. The van der Waals surface area contributed by atoms with E-state index in [2.05, 4.69) is 21.3 Å². The number of esters is 1. The Morgan fingerprint density at radius 2 is 1.71 bits per heavy atom. The predicted octanol–water partition coefficient (Wildman–Crippen LogP) is 0.866. The second-order valence-electron chi connectivity index (χ2n) is 7.47. The highest BCUT2D eigenvalue weighted by Gasteiger charge is 2.26. The zero-order chi connectivity index (χ0) is 23.4. The number of rotatable bonds is 12. The molecule has 0 unspecified atom stereocenters. The van der Waals surface area contributed by atoms with Crippen LogP contribution in [0.5, 0.6) is 0 Å². The fourth-order valence-electron chi connectivity index (χ4n) is 2.91. The van der Waals surface area contributed by atoms with Gasteiger partial charge in [-0.2, -0.15) is 0 Å². The number of ether oxygens (including phenoxy) is 1. The van der Waals surface area contributed by atoms with Crippen molar-refractivity contribution in [2.45, 2.75) is 52.3 Å². The van der Waals surface area contributed by atoms with Crippen molar-refractivity contribution in [1.82, 2.24) is 16.0 Å². The van der Waals surface area contributed by atoms with Crippen molar-refractivity contribution >= 4 is 29.5 Å². The number of hydrogen-bond acceptors (Lipinski definition) is 6. The van der Waals surface area contributed by atoms with Gasteiger partial charge >= 0.3 is 12.0 Å². The first-order valence-corrected chi connectivity index (χ1v) is 10.2. The van der Waals surface area contributed by atoms with Gasteiger partial charge in [0.1, 0.15) is 12.6 Å². The molecule has 0 aliphatic heterocycles. The van der Waals surface area contributed by atoms with E-state index in [1.165, 1.54) is 6.92 Å². The van der Waals surface area contributed by atoms with Gasteiger partial charge < -0.3 is 31.7 Å². The number of carbonyl (C=O) groups excluding carboxylic acids is 4. The van der Waals surface area contributed by atoms with E-state index < -0.39 is 18.1 Å². The number of primary amides is 1. The Labute approximate surface area is 182 Å². The summed E-state index contributed by atoms with van der Waals surface area (Å²) in [6.07, 6.45) is 0.769. The van der Waals surface area contributed by atoms with E-state index in [-0.39, 0.29) is 30.3 Å².